The monoisotopic (exact) mass is 276 g/mol. The van der Waals surface area contributed by atoms with E-state index in [1.807, 2.05) is 4.90 Å². The number of likely N-dealkylation sites (tertiary alicyclic amines) is 1. The van der Waals surface area contributed by atoms with E-state index in [1.165, 1.54) is 0 Å². The standard InChI is InChI=1S/C15H20N2O3/c16-13-3-1-2-12(10-13)15(20)17-8-6-11(7-9-17)4-5-14(18)19/h1-3,10-11H,4-9,16H2,(H,18,19). The van der Waals surface area contributed by atoms with Crippen molar-refractivity contribution in [3.8, 4) is 0 Å². The summed E-state index contributed by atoms with van der Waals surface area (Å²) in [5.41, 5.74) is 6.90. The molecule has 0 atom stereocenters. The molecule has 5 nitrogen and oxygen atoms in total. The zero-order chi connectivity index (χ0) is 14.5. The Kier molecular flexibility index (Phi) is 4.61. The summed E-state index contributed by atoms with van der Waals surface area (Å²) >= 11 is 0. The summed E-state index contributed by atoms with van der Waals surface area (Å²) in [6.45, 7) is 1.38. The fourth-order valence-corrected chi connectivity index (χ4v) is 2.61. The summed E-state index contributed by atoms with van der Waals surface area (Å²) in [5.74, 6) is -0.326. The largest absolute Gasteiger partial charge is 0.481 e. The number of hydrogen-bond donors (Lipinski definition) is 2. The van der Waals surface area contributed by atoms with Crippen LogP contribution in [-0.2, 0) is 4.79 Å². The Labute approximate surface area is 118 Å². The highest BCUT2D eigenvalue weighted by Gasteiger charge is 2.23. The Bertz CT molecular complexity index is 494. The molecule has 0 aliphatic carbocycles. The van der Waals surface area contributed by atoms with Crippen molar-refractivity contribution < 1.29 is 14.7 Å². The zero-order valence-corrected chi connectivity index (χ0v) is 11.4. The Balaban J connectivity index is 1.87. The minimum atomic E-state index is -0.747. The molecule has 1 heterocycles. The average Bonchev–Trinajstić information content (AvgIpc) is 2.45. The first kappa shape index (κ1) is 14.4. The lowest BCUT2D eigenvalue weighted by atomic mass is 9.92. The van der Waals surface area contributed by atoms with E-state index in [1.54, 1.807) is 24.3 Å². The van der Waals surface area contributed by atoms with Gasteiger partial charge < -0.3 is 15.7 Å². The van der Waals surface area contributed by atoms with Crippen molar-refractivity contribution in [1.82, 2.24) is 4.90 Å². The van der Waals surface area contributed by atoms with Gasteiger partial charge in [-0.2, -0.15) is 0 Å². The summed E-state index contributed by atoms with van der Waals surface area (Å²) in [5, 5.41) is 8.68. The van der Waals surface area contributed by atoms with Crippen molar-refractivity contribution in [2.45, 2.75) is 25.7 Å². The van der Waals surface area contributed by atoms with Gasteiger partial charge in [0, 0.05) is 30.8 Å². The highest BCUT2D eigenvalue weighted by atomic mass is 16.4. The highest BCUT2D eigenvalue weighted by molar-refractivity contribution is 5.95. The van der Waals surface area contributed by atoms with Crippen LogP contribution in [-0.4, -0.2) is 35.0 Å². The minimum Gasteiger partial charge on any atom is -0.481 e. The second-order valence-electron chi connectivity index (χ2n) is 5.29. The maximum absolute atomic E-state index is 12.3. The van der Waals surface area contributed by atoms with Crippen molar-refractivity contribution in [1.29, 1.82) is 0 Å². The van der Waals surface area contributed by atoms with Crippen LogP contribution in [0, 0.1) is 5.92 Å². The van der Waals surface area contributed by atoms with Crippen LogP contribution in [0.1, 0.15) is 36.0 Å². The third-order valence-electron chi connectivity index (χ3n) is 3.80. The highest BCUT2D eigenvalue weighted by Crippen LogP contribution is 2.23. The molecule has 0 bridgehead atoms. The summed E-state index contributed by atoms with van der Waals surface area (Å²) in [6, 6.07) is 7.01. The van der Waals surface area contributed by atoms with Crippen LogP contribution in [0.25, 0.3) is 0 Å². The number of carbonyl (C=O) groups excluding carboxylic acids is 1. The number of carboxylic acid groups (broad SMARTS) is 1. The third-order valence-corrected chi connectivity index (χ3v) is 3.80. The Morgan fingerprint density at radius 2 is 2.00 bits per heavy atom. The number of rotatable bonds is 4. The fourth-order valence-electron chi connectivity index (χ4n) is 2.61. The van der Waals surface area contributed by atoms with Crippen molar-refractivity contribution in [3.63, 3.8) is 0 Å². The van der Waals surface area contributed by atoms with Gasteiger partial charge in [0.05, 0.1) is 0 Å². The number of carboxylic acids is 1. The van der Waals surface area contributed by atoms with Gasteiger partial charge in [-0.1, -0.05) is 6.07 Å². The first-order valence-electron chi connectivity index (χ1n) is 6.93. The SMILES string of the molecule is Nc1cccc(C(=O)N2CCC(CCC(=O)O)CC2)c1. The quantitative estimate of drug-likeness (QED) is 0.824. The molecule has 108 valence electrons. The Morgan fingerprint density at radius 3 is 2.60 bits per heavy atom. The van der Waals surface area contributed by atoms with E-state index in [0.717, 1.165) is 12.8 Å². The molecule has 1 fully saturated rings. The number of amides is 1. The molecule has 1 saturated heterocycles. The first-order valence-corrected chi connectivity index (χ1v) is 6.93. The molecule has 0 spiro atoms. The Morgan fingerprint density at radius 1 is 1.30 bits per heavy atom. The second kappa shape index (κ2) is 6.41. The number of nitrogens with zero attached hydrogens (tertiary/aromatic N) is 1. The number of carbonyl (C=O) groups is 2. The van der Waals surface area contributed by atoms with Gasteiger partial charge in [0.25, 0.3) is 5.91 Å². The molecule has 3 N–H and O–H groups in total. The lowest BCUT2D eigenvalue weighted by Crippen LogP contribution is -2.38. The summed E-state index contributed by atoms with van der Waals surface area (Å²) in [7, 11) is 0. The van der Waals surface area contributed by atoms with Crippen LogP contribution in [0.2, 0.25) is 0 Å². The maximum Gasteiger partial charge on any atom is 0.303 e. The molecule has 2 rings (SSSR count). The maximum atomic E-state index is 12.3. The molecule has 0 saturated carbocycles. The van der Waals surface area contributed by atoms with E-state index in [2.05, 4.69) is 0 Å². The van der Waals surface area contributed by atoms with Crippen LogP contribution in [0.5, 0.6) is 0 Å². The second-order valence-corrected chi connectivity index (χ2v) is 5.29. The zero-order valence-electron chi connectivity index (χ0n) is 11.4. The van der Waals surface area contributed by atoms with Crippen molar-refractivity contribution in [2.75, 3.05) is 18.8 Å². The van der Waals surface area contributed by atoms with Gasteiger partial charge in [-0.15, -0.1) is 0 Å². The van der Waals surface area contributed by atoms with Gasteiger partial charge in [-0.05, 0) is 43.4 Å². The smallest absolute Gasteiger partial charge is 0.303 e. The molecule has 1 aliphatic heterocycles. The number of piperidine rings is 1. The molecule has 1 amide bonds. The number of aliphatic carboxylic acids is 1. The molecule has 0 unspecified atom stereocenters. The summed E-state index contributed by atoms with van der Waals surface area (Å²) in [6.07, 6.45) is 2.67. The third kappa shape index (κ3) is 3.73. The van der Waals surface area contributed by atoms with E-state index in [9.17, 15) is 9.59 Å². The van der Waals surface area contributed by atoms with Gasteiger partial charge in [0.15, 0.2) is 0 Å². The Hall–Kier alpha value is -2.04. The number of anilines is 1. The average molecular weight is 276 g/mol. The van der Waals surface area contributed by atoms with Crippen LogP contribution in [0.3, 0.4) is 0 Å². The van der Waals surface area contributed by atoms with Gasteiger partial charge in [-0.25, -0.2) is 0 Å². The molecule has 0 aromatic heterocycles. The van der Waals surface area contributed by atoms with E-state index in [0.29, 0.717) is 36.7 Å². The van der Waals surface area contributed by atoms with E-state index < -0.39 is 5.97 Å². The van der Waals surface area contributed by atoms with Crippen LogP contribution in [0.4, 0.5) is 5.69 Å². The fraction of sp³-hybridized carbons (Fsp3) is 0.467. The predicted molar refractivity (Wildman–Crippen MR) is 76.4 cm³/mol. The van der Waals surface area contributed by atoms with Crippen molar-refractivity contribution in [2.24, 2.45) is 5.92 Å². The molecular formula is C15H20N2O3. The molecular weight excluding hydrogens is 256 g/mol. The molecule has 0 radical (unpaired) electrons. The number of nitrogen functional groups attached to an aromatic ring is 1. The van der Waals surface area contributed by atoms with Gasteiger partial charge >= 0.3 is 5.97 Å². The molecule has 1 aromatic carbocycles. The van der Waals surface area contributed by atoms with Crippen molar-refractivity contribution in [3.05, 3.63) is 29.8 Å². The molecule has 20 heavy (non-hydrogen) atoms. The van der Waals surface area contributed by atoms with Crippen molar-refractivity contribution >= 4 is 17.6 Å². The lowest BCUT2D eigenvalue weighted by Gasteiger charge is -2.32. The normalized spacial score (nSPS) is 16.1. The minimum absolute atomic E-state index is 0.00832. The number of hydrogen-bond acceptors (Lipinski definition) is 3. The first-order chi connectivity index (χ1) is 9.56. The van der Waals surface area contributed by atoms with Gasteiger partial charge in [0.1, 0.15) is 0 Å². The summed E-state index contributed by atoms with van der Waals surface area (Å²) in [4.78, 5) is 24.7. The molecule has 1 aromatic rings. The van der Waals surface area contributed by atoms with E-state index in [4.69, 9.17) is 10.8 Å². The molecule has 1 aliphatic rings. The van der Waals surface area contributed by atoms with Gasteiger partial charge in [-0.3, -0.25) is 9.59 Å². The summed E-state index contributed by atoms with van der Waals surface area (Å²) < 4.78 is 0. The van der Waals surface area contributed by atoms with Crippen LogP contribution in [0.15, 0.2) is 24.3 Å². The van der Waals surface area contributed by atoms with E-state index in [-0.39, 0.29) is 12.3 Å². The van der Waals surface area contributed by atoms with Crippen LogP contribution >= 0.6 is 0 Å². The lowest BCUT2D eigenvalue weighted by molar-refractivity contribution is -0.137. The topological polar surface area (TPSA) is 83.6 Å². The van der Waals surface area contributed by atoms with Gasteiger partial charge in [0.2, 0.25) is 0 Å². The predicted octanol–water partition coefficient (Wildman–Crippen LogP) is 1.99. The van der Waals surface area contributed by atoms with E-state index >= 15 is 0 Å². The number of benzene rings is 1. The molecule has 5 heteroatoms. The van der Waals surface area contributed by atoms with Crippen LogP contribution < -0.4 is 5.73 Å². The number of nitrogens with two attached hydrogens (primary N) is 1.